The van der Waals surface area contributed by atoms with Crippen molar-refractivity contribution in [3.05, 3.63) is 28.7 Å². The predicted molar refractivity (Wildman–Crippen MR) is 94.0 cm³/mol. The van der Waals surface area contributed by atoms with Crippen molar-refractivity contribution in [1.82, 2.24) is 4.57 Å². The molecule has 0 fully saturated rings. The molecule has 0 aromatic carbocycles. The van der Waals surface area contributed by atoms with Crippen molar-refractivity contribution in [3.63, 3.8) is 0 Å². The highest BCUT2D eigenvalue weighted by atomic mass is 16.6. The van der Waals surface area contributed by atoms with E-state index in [9.17, 15) is 9.59 Å². The van der Waals surface area contributed by atoms with E-state index in [2.05, 4.69) is 12.2 Å². The van der Waals surface area contributed by atoms with E-state index in [1.165, 1.54) is 19.3 Å². The molecule has 0 aliphatic heterocycles. The maximum atomic E-state index is 12.5. The Morgan fingerprint density at radius 1 is 1.30 bits per heavy atom. The van der Waals surface area contributed by atoms with E-state index in [0.29, 0.717) is 0 Å². The smallest absolute Gasteiger partial charge is 0.412 e. The van der Waals surface area contributed by atoms with Gasteiger partial charge < -0.3 is 9.30 Å². The molecular formula is C18H30N2O3. The highest BCUT2D eigenvalue weighted by Crippen LogP contribution is 2.15. The highest BCUT2D eigenvalue weighted by Gasteiger charge is 2.18. The largest absolute Gasteiger partial charge is 0.444 e. The molecule has 130 valence electrons. The molecule has 0 saturated heterocycles. The predicted octanol–water partition coefficient (Wildman–Crippen LogP) is 4.73. The Morgan fingerprint density at radius 2 is 2.00 bits per heavy atom. The van der Waals surface area contributed by atoms with E-state index in [0.717, 1.165) is 12.8 Å². The van der Waals surface area contributed by atoms with Crippen LogP contribution in [0.1, 0.15) is 72.8 Å². The minimum Gasteiger partial charge on any atom is -0.444 e. The Morgan fingerprint density at radius 3 is 2.61 bits per heavy atom. The van der Waals surface area contributed by atoms with Gasteiger partial charge in [-0.1, -0.05) is 32.6 Å². The van der Waals surface area contributed by atoms with E-state index in [1.54, 1.807) is 43.7 Å². The Kier molecular flexibility index (Phi) is 7.33. The average molecular weight is 322 g/mol. The number of pyridine rings is 1. The molecule has 1 aromatic rings. The number of aromatic nitrogens is 1. The van der Waals surface area contributed by atoms with Crippen LogP contribution < -0.4 is 10.9 Å². The fraction of sp³-hybridized carbons (Fsp3) is 0.667. The van der Waals surface area contributed by atoms with E-state index >= 15 is 0 Å². The first kappa shape index (κ1) is 19.3. The van der Waals surface area contributed by atoms with E-state index in [1.807, 2.05) is 6.92 Å². The SMILES string of the molecule is CCCCCCC(C)n1cccc(NC(=O)OC(C)(C)C)c1=O. The number of ether oxygens (including phenoxy) is 1. The molecule has 5 nitrogen and oxygen atoms in total. The third-order valence-corrected chi connectivity index (χ3v) is 3.56. The van der Waals surface area contributed by atoms with Crippen LogP contribution in [0.4, 0.5) is 10.5 Å². The summed E-state index contributed by atoms with van der Waals surface area (Å²) in [5, 5.41) is 2.54. The number of amides is 1. The quantitative estimate of drug-likeness (QED) is 0.738. The molecule has 5 heteroatoms. The van der Waals surface area contributed by atoms with Gasteiger partial charge in [0.2, 0.25) is 0 Å². The summed E-state index contributed by atoms with van der Waals surface area (Å²) >= 11 is 0. The molecule has 1 atom stereocenters. The first-order valence-electron chi connectivity index (χ1n) is 8.45. The molecule has 1 heterocycles. The zero-order valence-electron chi connectivity index (χ0n) is 15.0. The molecule has 0 aliphatic rings. The number of nitrogens with one attached hydrogen (secondary N) is 1. The van der Waals surface area contributed by atoms with Crippen molar-refractivity contribution in [3.8, 4) is 0 Å². The summed E-state index contributed by atoms with van der Waals surface area (Å²) < 4.78 is 6.87. The lowest BCUT2D eigenvalue weighted by molar-refractivity contribution is 0.0635. The van der Waals surface area contributed by atoms with Crippen molar-refractivity contribution in [2.45, 2.75) is 78.4 Å². The van der Waals surface area contributed by atoms with Crippen molar-refractivity contribution in [2.24, 2.45) is 0 Å². The van der Waals surface area contributed by atoms with Crippen LogP contribution in [-0.2, 0) is 4.74 Å². The molecule has 1 rings (SSSR count). The average Bonchev–Trinajstić information content (AvgIpc) is 2.43. The topological polar surface area (TPSA) is 60.3 Å². The molecule has 1 unspecified atom stereocenters. The first-order chi connectivity index (χ1) is 10.7. The second-order valence-electron chi connectivity index (χ2n) is 6.96. The second kappa shape index (κ2) is 8.75. The molecule has 0 aliphatic carbocycles. The summed E-state index contributed by atoms with van der Waals surface area (Å²) in [6.45, 7) is 9.57. The van der Waals surface area contributed by atoms with Gasteiger partial charge in [0.05, 0.1) is 0 Å². The van der Waals surface area contributed by atoms with E-state index in [4.69, 9.17) is 4.74 Å². The molecule has 1 aromatic heterocycles. The van der Waals surface area contributed by atoms with Crippen molar-refractivity contribution in [1.29, 1.82) is 0 Å². The summed E-state index contributed by atoms with van der Waals surface area (Å²) in [6, 6.07) is 3.49. The van der Waals surface area contributed by atoms with Crippen LogP contribution in [0.15, 0.2) is 23.1 Å². The van der Waals surface area contributed by atoms with Gasteiger partial charge in [-0.25, -0.2) is 4.79 Å². The minimum atomic E-state index is -0.608. The number of rotatable bonds is 7. The fourth-order valence-corrected chi connectivity index (χ4v) is 2.37. The maximum absolute atomic E-state index is 12.5. The van der Waals surface area contributed by atoms with Crippen LogP contribution in [0.3, 0.4) is 0 Å². The summed E-state index contributed by atoms with van der Waals surface area (Å²) in [5.41, 5.74) is -0.534. The van der Waals surface area contributed by atoms with Crippen molar-refractivity contribution < 1.29 is 9.53 Å². The summed E-state index contributed by atoms with van der Waals surface area (Å²) in [4.78, 5) is 24.3. The van der Waals surface area contributed by atoms with Crippen LogP contribution >= 0.6 is 0 Å². The molecule has 1 amide bonds. The summed E-state index contributed by atoms with van der Waals surface area (Å²) in [7, 11) is 0. The fourth-order valence-electron chi connectivity index (χ4n) is 2.37. The summed E-state index contributed by atoms with van der Waals surface area (Å²) in [5.74, 6) is 0. The van der Waals surface area contributed by atoms with Gasteiger partial charge in [0, 0.05) is 12.2 Å². The maximum Gasteiger partial charge on any atom is 0.412 e. The number of carbonyl (C=O) groups is 1. The number of unbranched alkanes of at least 4 members (excludes halogenated alkanes) is 3. The first-order valence-corrected chi connectivity index (χ1v) is 8.45. The Labute approximate surface area is 139 Å². The Hall–Kier alpha value is -1.78. The van der Waals surface area contributed by atoms with Crippen molar-refractivity contribution >= 4 is 11.8 Å². The lowest BCUT2D eigenvalue weighted by Gasteiger charge is -2.20. The van der Waals surface area contributed by atoms with Gasteiger partial charge in [-0.15, -0.1) is 0 Å². The Bertz CT molecular complexity index is 558. The lowest BCUT2D eigenvalue weighted by Crippen LogP contribution is -2.31. The zero-order chi connectivity index (χ0) is 17.5. The number of nitrogens with zero attached hydrogens (tertiary/aromatic N) is 1. The molecule has 0 spiro atoms. The third-order valence-electron chi connectivity index (χ3n) is 3.56. The second-order valence-corrected chi connectivity index (χ2v) is 6.96. The number of hydrogen-bond donors (Lipinski definition) is 1. The van der Waals surface area contributed by atoms with Gasteiger partial charge >= 0.3 is 6.09 Å². The normalized spacial score (nSPS) is 12.7. The number of carbonyl (C=O) groups excluding carboxylic acids is 1. The monoisotopic (exact) mass is 322 g/mol. The molecule has 0 saturated carbocycles. The van der Waals surface area contributed by atoms with Crippen LogP contribution in [0.5, 0.6) is 0 Å². The van der Waals surface area contributed by atoms with Crippen molar-refractivity contribution in [2.75, 3.05) is 5.32 Å². The van der Waals surface area contributed by atoms with Gasteiger partial charge in [0.1, 0.15) is 11.3 Å². The lowest BCUT2D eigenvalue weighted by atomic mass is 10.1. The van der Waals surface area contributed by atoms with Gasteiger partial charge in [0.15, 0.2) is 0 Å². The van der Waals surface area contributed by atoms with E-state index in [-0.39, 0.29) is 17.3 Å². The van der Waals surface area contributed by atoms with Gasteiger partial charge in [-0.05, 0) is 46.2 Å². The van der Waals surface area contributed by atoms with Gasteiger partial charge in [0.25, 0.3) is 5.56 Å². The van der Waals surface area contributed by atoms with Crippen LogP contribution in [-0.4, -0.2) is 16.3 Å². The molecule has 0 radical (unpaired) electrons. The standard InChI is InChI=1S/C18H30N2O3/c1-6-7-8-9-11-14(2)20-13-10-12-15(16(20)21)19-17(22)23-18(3,4)5/h10,12-14H,6-9,11H2,1-5H3,(H,19,22). The van der Waals surface area contributed by atoms with Crippen LogP contribution in [0, 0.1) is 0 Å². The van der Waals surface area contributed by atoms with E-state index < -0.39 is 11.7 Å². The Balaban J connectivity index is 2.74. The number of anilines is 1. The van der Waals surface area contributed by atoms with Crippen LogP contribution in [0.2, 0.25) is 0 Å². The third kappa shape index (κ3) is 6.89. The molecule has 1 N–H and O–H groups in total. The summed E-state index contributed by atoms with van der Waals surface area (Å²) in [6.07, 6.45) is 6.83. The number of hydrogen-bond acceptors (Lipinski definition) is 3. The minimum absolute atomic E-state index is 0.111. The van der Waals surface area contributed by atoms with Crippen LogP contribution in [0.25, 0.3) is 0 Å². The van der Waals surface area contributed by atoms with Gasteiger partial charge in [-0.3, -0.25) is 10.1 Å². The molecule has 0 bridgehead atoms. The molecular weight excluding hydrogens is 292 g/mol. The molecule has 23 heavy (non-hydrogen) atoms. The zero-order valence-corrected chi connectivity index (χ0v) is 15.0. The highest BCUT2D eigenvalue weighted by molar-refractivity contribution is 5.84. The van der Waals surface area contributed by atoms with Gasteiger partial charge in [-0.2, -0.15) is 0 Å².